The van der Waals surface area contributed by atoms with E-state index in [1.807, 2.05) is 26.0 Å². The predicted octanol–water partition coefficient (Wildman–Crippen LogP) is 1.82. The van der Waals surface area contributed by atoms with Gasteiger partial charge < -0.3 is 9.47 Å². The van der Waals surface area contributed by atoms with Crippen molar-refractivity contribution in [2.75, 3.05) is 14.2 Å². The summed E-state index contributed by atoms with van der Waals surface area (Å²) in [6, 6.07) is 3.76. The van der Waals surface area contributed by atoms with Crippen LogP contribution in [-0.2, 0) is 9.47 Å². The molecular weight excluding hydrogens is 260 g/mol. The second-order valence-electron chi connectivity index (χ2n) is 4.30. The minimum absolute atomic E-state index is 0.138. The Kier molecular flexibility index (Phi) is 3.65. The molecule has 1 aromatic heterocycles. The molecule has 6 nitrogen and oxygen atoms in total. The molecule has 0 saturated carbocycles. The van der Waals surface area contributed by atoms with E-state index < -0.39 is 11.9 Å². The minimum atomic E-state index is -0.722. The van der Waals surface area contributed by atoms with Crippen molar-refractivity contribution in [3.8, 4) is 0 Å². The van der Waals surface area contributed by atoms with E-state index in [4.69, 9.17) is 0 Å². The summed E-state index contributed by atoms with van der Waals surface area (Å²) in [5, 5.41) is 0. The van der Waals surface area contributed by atoms with Crippen LogP contribution in [0.5, 0.6) is 0 Å². The van der Waals surface area contributed by atoms with Gasteiger partial charge in [0, 0.05) is 0 Å². The van der Waals surface area contributed by atoms with Crippen LogP contribution in [0.25, 0.3) is 11.0 Å². The van der Waals surface area contributed by atoms with E-state index in [2.05, 4.69) is 19.4 Å². The lowest BCUT2D eigenvalue weighted by Crippen LogP contribution is -2.16. The summed E-state index contributed by atoms with van der Waals surface area (Å²) in [7, 11) is 2.44. The number of esters is 2. The quantitative estimate of drug-likeness (QED) is 0.777. The molecule has 2 aromatic rings. The number of methoxy groups -OCH3 is 2. The van der Waals surface area contributed by atoms with Crippen LogP contribution in [0.3, 0.4) is 0 Å². The van der Waals surface area contributed by atoms with E-state index in [0.717, 1.165) is 11.1 Å². The Morgan fingerprint density at radius 3 is 1.50 bits per heavy atom. The summed E-state index contributed by atoms with van der Waals surface area (Å²) < 4.78 is 9.28. The molecule has 0 bridgehead atoms. The van der Waals surface area contributed by atoms with Gasteiger partial charge in [0.25, 0.3) is 0 Å². The van der Waals surface area contributed by atoms with Crippen LogP contribution in [0.1, 0.15) is 32.1 Å². The average Bonchev–Trinajstić information content (AvgIpc) is 2.48. The fourth-order valence-corrected chi connectivity index (χ4v) is 1.87. The SMILES string of the molecule is COC(=O)c1nc2c(C)ccc(C)c2nc1C(=O)OC. The van der Waals surface area contributed by atoms with E-state index in [0.29, 0.717) is 11.0 Å². The van der Waals surface area contributed by atoms with Gasteiger partial charge in [-0.3, -0.25) is 0 Å². The number of hydrogen-bond acceptors (Lipinski definition) is 6. The topological polar surface area (TPSA) is 78.4 Å². The van der Waals surface area contributed by atoms with Gasteiger partial charge in [-0.2, -0.15) is 0 Å². The maximum absolute atomic E-state index is 11.8. The molecule has 0 unspecified atom stereocenters. The predicted molar refractivity (Wildman–Crippen MR) is 71.7 cm³/mol. The number of aromatic nitrogens is 2. The summed E-state index contributed by atoms with van der Waals surface area (Å²) in [6.07, 6.45) is 0. The number of rotatable bonds is 2. The van der Waals surface area contributed by atoms with Crippen LogP contribution in [-0.4, -0.2) is 36.1 Å². The molecule has 20 heavy (non-hydrogen) atoms. The fraction of sp³-hybridized carbons (Fsp3) is 0.286. The molecule has 1 heterocycles. The third-order valence-electron chi connectivity index (χ3n) is 2.98. The number of benzene rings is 1. The molecule has 0 N–H and O–H groups in total. The van der Waals surface area contributed by atoms with Crippen LogP contribution in [0.4, 0.5) is 0 Å². The van der Waals surface area contributed by atoms with Crippen molar-refractivity contribution in [1.82, 2.24) is 9.97 Å². The number of nitrogens with zero attached hydrogens (tertiary/aromatic N) is 2. The summed E-state index contributed by atoms with van der Waals surface area (Å²) in [4.78, 5) is 32.0. The van der Waals surface area contributed by atoms with Crippen LogP contribution in [0.15, 0.2) is 12.1 Å². The first-order valence-electron chi connectivity index (χ1n) is 5.94. The highest BCUT2D eigenvalue weighted by molar-refractivity contribution is 6.02. The van der Waals surface area contributed by atoms with Gasteiger partial charge in [0.15, 0.2) is 11.4 Å². The Bertz CT molecular complexity index is 649. The lowest BCUT2D eigenvalue weighted by molar-refractivity contribution is 0.0545. The fourth-order valence-electron chi connectivity index (χ4n) is 1.87. The second kappa shape index (κ2) is 5.24. The third-order valence-corrected chi connectivity index (χ3v) is 2.98. The number of carbonyl (C=O) groups excluding carboxylic acids is 2. The molecule has 0 aliphatic rings. The molecule has 0 radical (unpaired) electrons. The van der Waals surface area contributed by atoms with E-state index in [-0.39, 0.29) is 11.4 Å². The minimum Gasteiger partial charge on any atom is -0.464 e. The zero-order valence-electron chi connectivity index (χ0n) is 11.7. The molecule has 0 spiro atoms. The molecule has 0 saturated heterocycles. The molecule has 1 aromatic carbocycles. The Labute approximate surface area is 115 Å². The smallest absolute Gasteiger partial charge is 0.359 e. The largest absolute Gasteiger partial charge is 0.464 e. The van der Waals surface area contributed by atoms with Gasteiger partial charge in [0.1, 0.15) is 0 Å². The van der Waals surface area contributed by atoms with Crippen molar-refractivity contribution in [1.29, 1.82) is 0 Å². The second-order valence-corrected chi connectivity index (χ2v) is 4.30. The van der Waals surface area contributed by atoms with Crippen molar-refractivity contribution < 1.29 is 19.1 Å². The van der Waals surface area contributed by atoms with Gasteiger partial charge in [-0.15, -0.1) is 0 Å². The summed E-state index contributed by atoms with van der Waals surface area (Å²) in [6.45, 7) is 3.71. The van der Waals surface area contributed by atoms with Crippen molar-refractivity contribution in [3.63, 3.8) is 0 Å². The lowest BCUT2D eigenvalue weighted by Gasteiger charge is -2.09. The highest BCUT2D eigenvalue weighted by Gasteiger charge is 2.24. The molecule has 0 amide bonds. The highest BCUT2D eigenvalue weighted by Crippen LogP contribution is 2.21. The number of fused-ring (bicyclic) bond motifs is 1. The molecule has 2 rings (SSSR count). The van der Waals surface area contributed by atoms with Crippen LogP contribution in [0, 0.1) is 13.8 Å². The summed E-state index contributed by atoms with van der Waals surface area (Å²) in [5.41, 5.74) is 2.58. The number of ether oxygens (including phenoxy) is 2. The van der Waals surface area contributed by atoms with Gasteiger partial charge in [0.05, 0.1) is 25.3 Å². The van der Waals surface area contributed by atoms with E-state index in [1.165, 1.54) is 14.2 Å². The standard InChI is InChI=1S/C14H14N2O4/c1-7-5-6-8(2)10-9(7)15-11(13(17)19-3)12(16-10)14(18)20-4/h5-6H,1-4H3. The Hall–Kier alpha value is -2.50. The van der Waals surface area contributed by atoms with E-state index >= 15 is 0 Å². The average molecular weight is 274 g/mol. The van der Waals surface area contributed by atoms with Crippen LogP contribution < -0.4 is 0 Å². The van der Waals surface area contributed by atoms with Gasteiger partial charge >= 0.3 is 11.9 Å². The number of hydrogen-bond donors (Lipinski definition) is 0. The first-order chi connectivity index (χ1) is 9.49. The Morgan fingerprint density at radius 2 is 1.20 bits per heavy atom. The van der Waals surface area contributed by atoms with Gasteiger partial charge in [0.2, 0.25) is 0 Å². The molecule has 0 aliphatic carbocycles. The highest BCUT2D eigenvalue weighted by atomic mass is 16.5. The lowest BCUT2D eigenvalue weighted by atomic mass is 10.1. The third kappa shape index (κ3) is 2.20. The first kappa shape index (κ1) is 13.9. The van der Waals surface area contributed by atoms with Crippen molar-refractivity contribution >= 4 is 23.0 Å². The Balaban J connectivity index is 2.85. The zero-order chi connectivity index (χ0) is 14.9. The van der Waals surface area contributed by atoms with Crippen LogP contribution in [0.2, 0.25) is 0 Å². The molecule has 0 atom stereocenters. The van der Waals surface area contributed by atoms with Crippen molar-refractivity contribution in [2.45, 2.75) is 13.8 Å². The zero-order valence-corrected chi connectivity index (χ0v) is 11.7. The van der Waals surface area contributed by atoms with Gasteiger partial charge in [-0.05, 0) is 25.0 Å². The summed E-state index contributed by atoms with van der Waals surface area (Å²) in [5.74, 6) is -1.44. The first-order valence-corrected chi connectivity index (χ1v) is 5.94. The number of carbonyl (C=O) groups is 2. The Morgan fingerprint density at radius 1 is 0.850 bits per heavy atom. The summed E-state index contributed by atoms with van der Waals surface area (Å²) >= 11 is 0. The maximum Gasteiger partial charge on any atom is 0.359 e. The van der Waals surface area contributed by atoms with Crippen molar-refractivity contribution in [3.05, 3.63) is 34.6 Å². The molecule has 0 aliphatic heterocycles. The van der Waals surface area contributed by atoms with Crippen LogP contribution >= 0.6 is 0 Å². The molecular formula is C14H14N2O4. The van der Waals surface area contributed by atoms with E-state index in [9.17, 15) is 9.59 Å². The number of aryl methyl sites for hydroxylation is 2. The van der Waals surface area contributed by atoms with Crippen molar-refractivity contribution in [2.24, 2.45) is 0 Å². The molecule has 0 fully saturated rings. The molecule has 104 valence electrons. The van der Waals surface area contributed by atoms with Gasteiger partial charge in [-0.1, -0.05) is 12.1 Å². The monoisotopic (exact) mass is 274 g/mol. The van der Waals surface area contributed by atoms with Gasteiger partial charge in [-0.25, -0.2) is 19.6 Å². The normalized spacial score (nSPS) is 10.4. The van der Waals surface area contributed by atoms with E-state index in [1.54, 1.807) is 0 Å². The maximum atomic E-state index is 11.8. The molecule has 6 heteroatoms.